The summed E-state index contributed by atoms with van der Waals surface area (Å²) in [5.41, 5.74) is 4.88. The van der Waals surface area contributed by atoms with Crippen molar-refractivity contribution >= 4 is 12.0 Å². The number of amides is 2. The molecular formula is C12H12FN5O4. The minimum Gasteiger partial charge on any atom is -0.449 e. The van der Waals surface area contributed by atoms with Crippen LogP contribution in [0.15, 0.2) is 22.9 Å². The first-order valence-electron chi connectivity index (χ1n) is 6.18. The van der Waals surface area contributed by atoms with Crippen molar-refractivity contribution in [2.75, 3.05) is 6.61 Å². The number of halogens is 1. The Hall–Kier alpha value is -3.04. The van der Waals surface area contributed by atoms with Crippen LogP contribution in [-0.4, -0.2) is 33.7 Å². The number of pyridine rings is 1. The Morgan fingerprint density at radius 1 is 1.45 bits per heavy atom. The monoisotopic (exact) mass is 309 g/mol. The molecule has 116 valence electrons. The summed E-state index contributed by atoms with van der Waals surface area (Å²) < 4.78 is 22.6. The van der Waals surface area contributed by atoms with Gasteiger partial charge in [0.1, 0.15) is 12.4 Å². The molecule has 0 aromatic carbocycles. The van der Waals surface area contributed by atoms with E-state index >= 15 is 0 Å². The number of carbonyl (C=O) groups is 2. The van der Waals surface area contributed by atoms with Gasteiger partial charge in [-0.25, -0.2) is 9.18 Å². The number of ether oxygens (including phenoxy) is 1. The van der Waals surface area contributed by atoms with Crippen LogP contribution >= 0.6 is 0 Å². The topological polar surface area (TPSA) is 133 Å². The summed E-state index contributed by atoms with van der Waals surface area (Å²) in [5.74, 6) is -1.28. The number of carbonyl (C=O) groups excluding carboxylic acids is 2. The van der Waals surface area contributed by atoms with Gasteiger partial charge in [0.05, 0.1) is 18.7 Å². The second-order valence-corrected chi connectivity index (χ2v) is 4.04. The molecule has 0 spiro atoms. The fourth-order valence-electron chi connectivity index (χ4n) is 1.48. The molecule has 0 atom stereocenters. The number of nitrogens with one attached hydrogen (secondary N) is 1. The van der Waals surface area contributed by atoms with E-state index < -0.39 is 17.8 Å². The number of hydrogen-bond acceptors (Lipinski definition) is 7. The molecule has 0 saturated heterocycles. The highest BCUT2D eigenvalue weighted by Gasteiger charge is 2.15. The largest absolute Gasteiger partial charge is 0.449 e. The van der Waals surface area contributed by atoms with E-state index in [0.717, 1.165) is 0 Å². The molecule has 22 heavy (non-hydrogen) atoms. The summed E-state index contributed by atoms with van der Waals surface area (Å²) in [4.78, 5) is 29.8. The maximum Gasteiger partial charge on any atom is 0.404 e. The number of aromatic nitrogens is 3. The lowest BCUT2D eigenvalue weighted by molar-refractivity contribution is 0.0936. The normalized spacial score (nSPS) is 10.2. The Kier molecular flexibility index (Phi) is 4.96. The van der Waals surface area contributed by atoms with Crippen LogP contribution < -0.4 is 11.1 Å². The number of nitrogens with two attached hydrogens (primary N) is 1. The SMILES string of the molecule is NC(=O)OCCc1nc(C(=O)NCc2ncccc2F)no1. The van der Waals surface area contributed by atoms with Crippen molar-refractivity contribution in [3.05, 3.63) is 41.6 Å². The maximum atomic E-state index is 13.3. The van der Waals surface area contributed by atoms with Gasteiger partial charge in [-0.05, 0) is 12.1 Å². The fourth-order valence-corrected chi connectivity index (χ4v) is 1.48. The van der Waals surface area contributed by atoms with E-state index in [1.807, 2.05) is 0 Å². The molecule has 0 saturated carbocycles. The molecule has 2 rings (SSSR count). The van der Waals surface area contributed by atoms with Crippen molar-refractivity contribution in [2.24, 2.45) is 5.73 Å². The summed E-state index contributed by atoms with van der Waals surface area (Å²) >= 11 is 0. The van der Waals surface area contributed by atoms with Crippen molar-refractivity contribution in [1.29, 1.82) is 0 Å². The standard InChI is InChI=1S/C12H12FN5O4/c13-7-2-1-4-15-8(7)6-16-11(19)10-17-9(22-18-10)3-5-21-12(14)20/h1-2,4H,3,5-6H2,(H2,14,20)(H,16,19). The number of hydrogen-bond donors (Lipinski definition) is 2. The van der Waals surface area contributed by atoms with Gasteiger partial charge in [0.25, 0.3) is 11.7 Å². The zero-order valence-corrected chi connectivity index (χ0v) is 11.3. The summed E-state index contributed by atoms with van der Waals surface area (Å²) in [6.07, 6.45) is 0.614. The molecule has 3 N–H and O–H groups in total. The quantitative estimate of drug-likeness (QED) is 0.777. The zero-order valence-electron chi connectivity index (χ0n) is 11.3. The van der Waals surface area contributed by atoms with Gasteiger partial charge >= 0.3 is 6.09 Å². The molecule has 0 fully saturated rings. The van der Waals surface area contributed by atoms with Gasteiger partial charge in [-0.15, -0.1) is 0 Å². The van der Waals surface area contributed by atoms with Crippen LogP contribution in [0, 0.1) is 5.82 Å². The molecule has 0 aliphatic rings. The third-order valence-electron chi connectivity index (χ3n) is 2.48. The molecule has 0 radical (unpaired) electrons. The van der Waals surface area contributed by atoms with Gasteiger partial charge in [-0.3, -0.25) is 9.78 Å². The number of primary amides is 1. The van der Waals surface area contributed by atoms with Crippen LogP contribution in [-0.2, 0) is 17.7 Å². The molecule has 0 aliphatic heterocycles. The van der Waals surface area contributed by atoms with Crippen molar-refractivity contribution in [2.45, 2.75) is 13.0 Å². The van der Waals surface area contributed by atoms with E-state index in [1.54, 1.807) is 0 Å². The Morgan fingerprint density at radius 2 is 2.27 bits per heavy atom. The van der Waals surface area contributed by atoms with E-state index in [2.05, 4.69) is 25.2 Å². The second kappa shape index (κ2) is 7.11. The molecule has 2 amide bonds. The van der Waals surface area contributed by atoms with Crippen LogP contribution in [0.1, 0.15) is 22.2 Å². The van der Waals surface area contributed by atoms with E-state index in [4.69, 9.17) is 10.3 Å². The first-order chi connectivity index (χ1) is 10.6. The molecule has 2 heterocycles. The van der Waals surface area contributed by atoms with Gasteiger partial charge in [0.15, 0.2) is 0 Å². The van der Waals surface area contributed by atoms with Gasteiger partial charge in [0, 0.05) is 6.20 Å². The first kappa shape index (κ1) is 15.4. The third kappa shape index (κ3) is 4.23. The Labute approximate surface area is 123 Å². The van der Waals surface area contributed by atoms with Crippen molar-refractivity contribution in [1.82, 2.24) is 20.4 Å². The van der Waals surface area contributed by atoms with Crippen LogP contribution in [0.4, 0.5) is 9.18 Å². The minimum atomic E-state index is -0.921. The minimum absolute atomic E-state index is 0.0439. The molecule has 2 aromatic rings. The molecule has 0 unspecified atom stereocenters. The average molecular weight is 309 g/mol. The van der Waals surface area contributed by atoms with Crippen molar-refractivity contribution in [3.63, 3.8) is 0 Å². The van der Waals surface area contributed by atoms with Crippen molar-refractivity contribution in [3.8, 4) is 0 Å². The third-order valence-corrected chi connectivity index (χ3v) is 2.48. The molecule has 9 nitrogen and oxygen atoms in total. The summed E-state index contributed by atoms with van der Waals surface area (Å²) in [5, 5.41) is 5.88. The Morgan fingerprint density at radius 3 is 3.00 bits per heavy atom. The van der Waals surface area contributed by atoms with Gasteiger partial charge in [0.2, 0.25) is 5.89 Å². The lowest BCUT2D eigenvalue weighted by atomic mass is 10.3. The lowest BCUT2D eigenvalue weighted by Crippen LogP contribution is -2.25. The van der Waals surface area contributed by atoms with Crippen LogP contribution in [0.5, 0.6) is 0 Å². The molecule has 0 aliphatic carbocycles. The summed E-state index contributed by atoms with van der Waals surface area (Å²) in [6.45, 7) is -0.155. The predicted molar refractivity (Wildman–Crippen MR) is 68.9 cm³/mol. The van der Waals surface area contributed by atoms with E-state index in [9.17, 15) is 14.0 Å². The smallest absolute Gasteiger partial charge is 0.404 e. The maximum absolute atomic E-state index is 13.3. The highest BCUT2D eigenvalue weighted by molar-refractivity contribution is 5.90. The predicted octanol–water partition coefficient (Wildman–Crippen LogP) is 0.171. The zero-order chi connectivity index (χ0) is 15.9. The highest BCUT2D eigenvalue weighted by Crippen LogP contribution is 2.03. The van der Waals surface area contributed by atoms with Crippen molar-refractivity contribution < 1.29 is 23.2 Å². The van der Waals surface area contributed by atoms with E-state index in [1.165, 1.54) is 18.3 Å². The van der Waals surface area contributed by atoms with Crippen LogP contribution in [0.3, 0.4) is 0 Å². The Bertz CT molecular complexity index is 675. The highest BCUT2D eigenvalue weighted by atomic mass is 19.1. The average Bonchev–Trinajstić information content (AvgIpc) is 2.94. The molecule has 0 bridgehead atoms. The lowest BCUT2D eigenvalue weighted by Gasteiger charge is -2.02. The van der Waals surface area contributed by atoms with Gasteiger partial charge < -0.3 is 20.3 Å². The van der Waals surface area contributed by atoms with E-state index in [0.29, 0.717) is 0 Å². The summed E-state index contributed by atoms with van der Waals surface area (Å²) in [6, 6.07) is 2.68. The summed E-state index contributed by atoms with van der Waals surface area (Å²) in [7, 11) is 0. The number of nitrogens with zero attached hydrogens (tertiary/aromatic N) is 3. The Balaban J connectivity index is 1.86. The van der Waals surface area contributed by atoms with Crippen LogP contribution in [0.2, 0.25) is 0 Å². The van der Waals surface area contributed by atoms with Gasteiger partial charge in [-0.1, -0.05) is 5.16 Å². The number of rotatable bonds is 6. The second-order valence-electron chi connectivity index (χ2n) is 4.04. The van der Waals surface area contributed by atoms with Crippen LogP contribution in [0.25, 0.3) is 0 Å². The fraction of sp³-hybridized carbons (Fsp3) is 0.250. The molecule has 10 heteroatoms. The van der Waals surface area contributed by atoms with E-state index in [-0.39, 0.29) is 37.0 Å². The first-order valence-corrected chi connectivity index (χ1v) is 6.18. The molecular weight excluding hydrogens is 297 g/mol. The molecule has 2 aromatic heterocycles. The van der Waals surface area contributed by atoms with Gasteiger partial charge in [-0.2, -0.15) is 4.98 Å².